The van der Waals surface area contributed by atoms with Gasteiger partial charge in [0.15, 0.2) is 0 Å². The SMILES string of the molecule is Cn1nc(-c2cccnc2)cc1CNC(=O)c1cccnc1. The van der Waals surface area contributed by atoms with E-state index in [1.807, 2.05) is 25.2 Å². The molecule has 0 aromatic carbocycles. The van der Waals surface area contributed by atoms with Crippen LogP contribution in [-0.4, -0.2) is 25.7 Å². The van der Waals surface area contributed by atoms with Crippen LogP contribution in [-0.2, 0) is 13.6 Å². The summed E-state index contributed by atoms with van der Waals surface area (Å²) in [7, 11) is 1.85. The molecule has 6 nitrogen and oxygen atoms in total. The van der Waals surface area contributed by atoms with Crippen molar-refractivity contribution in [3.63, 3.8) is 0 Å². The molecule has 0 radical (unpaired) electrons. The minimum absolute atomic E-state index is 0.155. The highest BCUT2D eigenvalue weighted by Crippen LogP contribution is 2.17. The number of carbonyl (C=O) groups excluding carboxylic acids is 1. The van der Waals surface area contributed by atoms with Gasteiger partial charge in [-0.2, -0.15) is 5.10 Å². The molecule has 0 aliphatic carbocycles. The van der Waals surface area contributed by atoms with Crippen LogP contribution < -0.4 is 5.32 Å². The summed E-state index contributed by atoms with van der Waals surface area (Å²) in [6.45, 7) is 0.400. The molecule has 0 fully saturated rings. The first-order valence-electron chi connectivity index (χ1n) is 6.85. The predicted molar refractivity (Wildman–Crippen MR) is 81.8 cm³/mol. The van der Waals surface area contributed by atoms with Gasteiger partial charge >= 0.3 is 0 Å². The maximum atomic E-state index is 12.0. The van der Waals surface area contributed by atoms with Crippen LogP contribution >= 0.6 is 0 Å². The van der Waals surface area contributed by atoms with E-state index in [0.29, 0.717) is 12.1 Å². The van der Waals surface area contributed by atoms with Crippen molar-refractivity contribution >= 4 is 5.91 Å². The number of aromatic nitrogens is 4. The van der Waals surface area contributed by atoms with Gasteiger partial charge in [-0.1, -0.05) is 0 Å². The standard InChI is InChI=1S/C16H15N5O/c1-21-14(8-15(20-21)12-4-2-6-17-9-12)11-19-16(22)13-5-3-7-18-10-13/h2-10H,11H2,1H3,(H,19,22). The van der Waals surface area contributed by atoms with Crippen LogP contribution in [0.15, 0.2) is 55.1 Å². The quantitative estimate of drug-likeness (QED) is 0.796. The zero-order valence-electron chi connectivity index (χ0n) is 12.1. The van der Waals surface area contributed by atoms with Crippen LogP contribution in [0.2, 0.25) is 0 Å². The Balaban J connectivity index is 1.71. The van der Waals surface area contributed by atoms with Gasteiger partial charge in [0.1, 0.15) is 0 Å². The molecule has 0 bridgehead atoms. The second kappa shape index (κ2) is 6.17. The van der Waals surface area contributed by atoms with E-state index in [2.05, 4.69) is 20.4 Å². The fourth-order valence-electron chi connectivity index (χ4n) is 2.10. The average molecular weight is 293 g/mol. The van der Waals surface area contributed by atoms with E-state index < -0.39 is 0 Å². The number of carbonyl (C=O) groups is 1. The van der Waals surface area contributed by atoms with Crippen LogP contribution in [0.25, 0.3) is 11.3 Å². The van der Waals surface area contributed by atoms with Crippen molar-refractivity contribution in [3.8, 4) is 11.3 Å². The van der Waals surface area contributed by atoms with Crippen molar-refractivity contribution in [1.29, 1.82) is 0 Å². The number of hydrogen-bond donors (Lipinski definition) is 1. The van der Waals surface area contributed by atoms with Crippen molar-refractivity contribution in [2.45, 2.75) is 6.54 Å². The molecule has 3 rings (SSSR count). The maximum Gasteiger partial charge on any atom is 0.253 e. The Morgan fingerprint density at radius 2 is 1.95 bits per heavy atom. The highest BCUT2D eigenvalue weighted by molar-refractivity contribution is 5.93. The number of amides is 1. The summed E-state index contributed by atoms with van der Waals surface area (Å²) in [5.41, 5.74) is 3.23. The first kappa shape index (κ1) is 13.9. The van der Waals surface area contributed by atoms with Gasteiger partial charge in [0.05, 0.1) is 23.5 Å². The number of hydrogen-bond acceptors (Lipinski definition) is 4. The maximum absolute atomic E-state index is 12.0. The van der Waals surface area contributed by atoms with Crippen molar-refractivity contribution in [2.75, 3.05) is 0 Å². The summed E-state index contributed by atoms with van der Waals surface area (Å²) in [6.07, 6.45) is 6.67. The Labute approximate surface area is 127 Å². The number of aryl methyl sites for hydroxylation is 1. The zero-order valence-corrected chi connectivity index (χ0v) is 12.1. The molecule has 0 aliphatic heterocycles. The van der Waals surface area contributed by atoms with E-state index in [1.165, 1.54) is 0 Å². The fourth-order valence-corrected chi connectivity index (χ4v) is 2.10. The van der Waals surface area contributed by atoms with E-state index in [9.17, 15) is 4.79 Å². The van der Waals surface area contributed by atoms with Crippen molar-refractivity contribution in [1.82, 2.24) is 25.1 Å². The predicted octanol–water partition coefficient (Wildman–Crippen LogP) is 1.81. The Hall–Kier alpha value is -3.02. The molecular weight excluding hydrogens is 278 g/mol. The zero-order chi connectivity index (χ0) is 15.4. The van der Waals surface area contributed by atoms with Crippen molar-refractivity contribution in [3.05, 3.63) is 66.4 Å². The molecule has 0 unspecified atom stereocenters. The van der Waals surface area contributed by atoms with Gasteiger partial charge in [-0.25, -0.2) is 0 Å². The summed E-state index contributed by atoms with van der Waals surface area (Å²) in [4.78, 5) is 20.0. The van der Waals surface area contributed by atoms with E-state index in [1.54, 1.807) is 41.6 Å². The summed E-state index contributed by atoms with van der Waals surface area (Å²) in [5.74, 6) is -0.155. The molecule has 0 saturated carbocycles. The Morgan fingerprint density at radius 1 is 1.18 bits per heavy atom. The topological polar surface area (TPSA) is 72.7 Å². The largest absolute Gasteiger partial charge is 0.346 e. The summed E-state index contributed by atoms with van der Waals surface area (Å²) >= 11 is 0. The van der Waals surface area contributed by atoms with Gasteiger partial charge < -0.3 is 5.32 Å². The van der Waals surface area contributed by atoms with Crippen LogP contribution in [0.1, 0.15) is 16.1 Å². The molecule has 3 aromatic heterocycles. The van der Waals surface area contributed by atoms with E-state index >= 15 is 0 Å². The molecule has 3 aromatic rings. The van der Waals surface area contributed by atoms with Gasteiger partial charge in [-0.05, 0) is 30.3 Å². The molecule has 0 aliphatic rings. The molecule has 1 N–H and O–H groups in total. The van der Waals surface area contributed by atoms with Gasteiger partial charge in [-0.15, -0.1) is 0 Å². The molecule has 0 atom stereocenters. The first-order chi connectivity index (χ1) is 10.7. The summed E-state index contributed by atoms with van der Waals surface area (Å²) in [5, 5.41) is 7.31. The molecule has 110 valence electrons. The number of rotatable bonds is 4. The lowest BCUT2D eigenvalue weighted by molar-refractivity contribution is 0.0949. The van der Waals surface area contributed by atoms with Crippen LogP contribution in [0.4, 0.5) is 0 Å². The lowest BCUT2D eigenvalue weighted by Gasteiger charge is -2.04. The number of nitrogens with zero attached hydrogens (tertiary/aromatic N) is 4. The van der Waals surface area contributed by atoms with Gasteiger partial charge in [0.2, 0.25) is 0 Å². The van der Waals surface area contributed by atoms with Crippen molar-refractivity contribution < 1.29 is 4.79 Å². The highest BCUT2D eigenvalue weighted by Gasteiger charge is 2.10. The number of nitrogens with one attached hydrogen (secondary N) is 1. The third-order valence-electron chi connectivity index (χ3n) is 3.29. The van der Waals surface area contributed by atoms with E-state index in [-0.39, 0.29) is 5.91 Å². The smallest absolute Gasteiger partial charge is 0.253 e. The van der Waals surface area contributed by atoms with Gasteiger partial charge in [0, 0.05) is 37.4 Å². The minimum Gasteiger partial charge on any atom is -0.346 e. The Kier molecular flexibility index (Phi) is 3.91. The van der Waals surface area contributed by atoms with E-state index in [4.69, 9.17) is 0 Å². The second-order valence-electron chi connectivity index (χ2n) is 4.81. The molecule has 0 spiro atoms. The molecule has 0 saturated heterocycles. The first-order valence-corrected chi connectivity index (χ1v) is 6.85. The van der Waals surface area contributed by atoms with E-state index in [0.717, 1.165) is 17.0 Å². The molecule has 6 heteroatoms. The minimum atomic E-state index is -0.155. The fraction of sp³-hybridized carbons (Fsp3) is 0.125. The van der Waals surface area contributed by atoms with Crippen molar-refractivity contribution in [2.24, 2.45) is 7.05 Å². The third-order valence-corrected chi connectivity index (χ3v) is 3.29. The summed E-state index contributed by atoms with van der Waals surface area (Å²) < 4.78 is 1.76. The van der Waals surface area contributed by atoms with Gasteiger partial charge in [0.25, 0.3) is 5.91 Å². The normalized spacial score (nSPS) is 10.4. The van der Waals surface area contributed by atoms with Gasteiger partial charge in [-0.3, -0.25) is 19.4 Å². The molecular formula is C16H15N5O. The third kappa shape index (κ3) is 3.01. The van der Waals surface area contributed by atoms with Crippen LogP contribution in [0.3, 0.4) is 0 Å². The van der Waals surface area contributed by atoms with Crippen LogP contribution in [0.5, 0.6) is 0 Å². The van der Waals surface area contributed by atoms with Crippen LogP contribution in [0, 0.1) is 0 Å². The molecule has 22 heavy (non-hydrogen) atoms. The molecule has 1 amide bonds. The lowest BCUT2D eigenvalue weighted by Crippen LogP contribution is -2.24. The highest BCUT2D eigenvalue weighted by atomic mass is 16.1. The average Bonchev–Trinajstić information content (AvgIpc) is 2.95. The lowest BCUT2D eigenvalue weighted by atomic mass is 10.2. The Bertz CT molecular complexity index is 768. The molecule has 3 heterocycles. The Morgan fingerprint density at radius 3 is 2.64 bits per heavy atom. The second-order valence-corrected chi connectivity index (χ2v) is 4.81. The number of pyridine rings is 2. The monoisotopic (exact) mass is 293 g/mol. The summed E-state index contributed by atoms with van der Waals surface area (Å²) in [6, 6.07) is 9.23.